The number of hydrogen-bond acceptors (Lipinski definition) is 6. The minimum Gasteiger partial charge on any atom is -0.330 e. The molecule has 128 valence electrons. The molecule has 2 N–H and O–H groups in total. The molecule has 0 saturated heterocycles. The first-order valence-electron chi connectivity index (χ1n) is 7.49. The van der Waals surface area contributed by atoms with Crippen LogP contribution in [0.25, 0.3) is 0 Å². The van der Waals surface area contributed by atoms with Crippen LogP contribution in [0.4, 0.5) is 16.5 Å². The van der Waals surface area contributed by atoms with Crippen molar-refractivity contribution < 1.29 is 4.79 Å². The van der Waals surface area contributed by atoms with Crippen molar-refractivity contribution in [2.75, 3.05) is 10.6 Å². The van der Waals surface area contributed by atoms with E-state index in [4.69, 9.17) is 11.6 Å². The highest BCUT2D eigenvalue weighted by Crippen LogP contribution is 2.31. The van der Waals surface area contributed by atoms with E-state index >= 15 is 0 Å². The molecule has 0 aliphatic carbocycles. The zero-order valence-electron chi connectivity index (χ0n) is 13.3. The zero-order chi connectivity index (χ0) is 17.6. The lowest BCUT2D eigenvalue weighted by Crippen LogP contribution is -2.22. The summed E-state index contributed by atoms with van der Waals surface area (Å²) in [6.07, 6.45) is 0. The van der Waals surface area contributed by atoms with Crippen LogP contribution in [-0.4, -0.2) is 21.4 Å². The molecule has 25 heavy (non-hydrogen) atoms. The lowest BCUT2D eigenvalue weighted by Gasteiger charge is -2.11. The second kappa shape index (κ2) is 8.33. The van der Waals surface area contributed by atoms with Gasteiger partial charge in [-0.15, -0.1) is 10.2 Å². The molecular weight excluding hydrogens is 376 g/mol. The van der Waals surface area contributed by atoms with Crippen molar-refractivity contribution in [3.8, 4) is 0 Å². The molecule has 0 aliphatic heterocycles. The van der Waals surface area contributed by atoms with Gasteiger partial charge in [0.15, 0.2) is 4.34 Å². The number of carbonyl (C=O) groups is 1. The second-order valence-electron chi connectivity index (χ2n) is 5.09. The number of nitrogens with one attached hydrogen (secondary N) is 2. The van der Waals surface area contributed by atoms with Crippen LogP contribution >= 0.6 is 34.7 Å². The third kappa shape index (κ3) is 4.94. The maximum Gasteiger partial charge on any atom is 0.237 e. The van der Waals surface area contributed by atoms with E-state index in [-0.39, 0.29) is 11.2 Å². The van der Waals surface area contributed by atoms with Gasteiger partial charge < -0.3 is 10.6 Å². The lowest BCUT2D eigenvalue weighted by atomic mass is 10.3. The van der Waals surface area contributed by atoms with Gasteiger partial charge in [0.1, 0.15) is 0 Å². The van der Waals surface area contributed by atoms with Crippen LogP contribution in [0.15, 0.2) is 58.9 Å². The van der Waals surface area contributed by atoms with Crippen molar-refractivity contribution in [1.29, 1.82) is 0 Å². The molecule has 1 atom stereocenters. The summed E-state index contributed by atoms with van der Waals surface area (Å²) in [5.74, 6) is -0.133. The SMILES string of the molecule is C[C@@H](Sc1nnc(Nc2ccccc2)s1)C(=O)Nc1ccccc1Cl. The number of rotatable bonds is 6. The fourth-order valence-electron chi connectivity index (χ4n) is 1.95. The maximum atomic E-state index is 12.3. The van der Waals surface area contributed by atoms with E-state index in [0.29, 0.717) is 15.8 Å². The third-order valence-corrected chi connectivity index (χ3v) is 5.56. The molecule has 3 rings (SSSR count). The molecule has 8 heteroatoms. The smallest absolute Gasteiger partial charge is 0.237 e. The molecule has 5 nitrogen and oxygen atoms in total. The highest BCUT2D eigenvalue weighted by molar-refractivity contribution is 8.02. The summed E-state index contributed by atoms with van der Waals surface area (Å²) in [7, 11) is 0. The molecule has 0 radical (unpaired) electrons. The molecule has 1 amide bonds. The Morgan fingerprint density at radius 3 is 2.60 bits per heavy atom. The number of aromatic nitrogens is 2. The van der Waals surface area contributed by atoms with E-state index in [1.54, 1.807) is 12.1 Å². The number of hydrogen-bond donors (Lipinski definition) is 2. The Morgan fingerprint density at radius 1 is 1.12 bits per heavy atom. The van der Waals surface area contributed by atoms with Gasteiger partial charge in [-0.05, 0) is 31.2 Å². The molecule has 3 aromatic rings. The first-order valence-corrected chi connectivity index (χ1v) is 9.57. The zero-order valence-corrected chi connectivity index (χ0v) is 15.7. The minimum atomic E-state index is -0.325. The van der Waals surface area contributed by atoms with E-state index in [1.807, 2.05) is 49.4 Å². The van der Waals surface area contributed by atoms with Crippen LogP contribution in [-0.2, 0) is 4.79 Å². The Labute approximate surface area is 158 Å². The second-order valence-corrected chi connectivity index (χ2v) is 8.07. The number of benzene rings is 2. The average molecular weight is 391 g/mol. The fraction of sp³-hybridized carbons (Fsp3) is 0.118. The van der Waals surface area contributed by atoms with Gasteiger partial charge in [-0.3, -0.25) is 4.79 Å². The van der Waals surface area contributed by atoms with Gasteiger partial charge >= 0.3 is 0 Å². The van der Waals surface area contributed by atoms with E-state index in [1.165, 1.54) is 23.1 Å². The number of thioether (sulfide) groups is 1. The normalized spacial score (nSPS) is 11.8. The van der Waals surface area contributed by atoms with E-state index in [2.05, 4.69) is 20.8 Å². The summed E-state index contributed by atoms with van der Waals surface area (Å²) in [5.41, 5.74) is 1.55. The van der Waals surface area contributed by atoms with Gasteiger partial charge in [0.05, 0.1) is 16.0 Å². The van der Waals surface area contributed by atoms with Crippen LogP contribution in [0.2, 0.25) is 5.02 Å². The highest BCUT2D eigenvalue weighted by atomic mass is 35.5. The Bertz CT molecular complexity index is 857. The molecule has 0 unspecified atom stereocenters. The number of anilines is 3. The first kappa shape index (κ1) is 17.7. The van der Waals surface area contributed by atoms with Gasteiger partial charge in [-0.2, -0.15) is 0 Å². The van der Waals surface area contributed by atoms with Gasteiger partial charge in [0.25, 0.3) is 0 Å². The summed E-state index contributed by atoms with van der Waals surface area (Å²) in [6.45, 7) is 1.82. The molecule has 0 aliphatic rings. The van der Waals surface area contributed by atoms with E-state index in [0.717, 1.165) is 10.0 Å². The largest absolute Gasteiger partial charge is 0.330 e. The van der Waals surface area contributed by atoms with E-state index in [9.17, 15) is 4.79 Å². The fourth-order valence-corrected chi connectivity index (χ4v) is 4.05. The number of nitrogens with zero attached hydrogens (tertiary/aromatic N) is 2. The van der Waals surface area contributed by atoms with Crippen LogP contribution < -0.4 is 10.6 Å². The van der Waals surface area contributed by atoms with E-state index < -0.39 is 0 Å². The van der Waals surface area contributed by atoms with Crippen LogP contribution in [0, 0.1) is 0 Å². The number of carbonyl (C=O) groups excluding carboxylic acids is 1. The van der Waals surface area contributed by atoms with Gasteiger partial charge in [-0.1, -0.05) is 65.0 Å². The summed E-state index contributed by atoms with van der Waals surface area (Å²) >= 11 is 8.83. The maximum absolute atomic E-state index is 12.3. The monoisotopic (exact) mass is 390 g/mol. The topological polar surface area (TPSA) is 66.9 Å². The van der Waals surface area contributed by atoms with Crippen molar-refractivity contribution in [1.82, 2.24) is 10.2 Å². The van der Waals surface area contributed by atoms with Crippen molar-refractivity contribution in [3.63, 3.8) is 0 Å². The molecule has 1 aromatic heterocycles. The molecular formula is C17H15ClN4OS2. The number of amides is 1. The minimum absolute atomic E-state index is 0.133. The molecule has 0 saturated carbocycles. The van der Waals surface area contributed by atoms with Crippen LogP contribution in [0.1, 0.15) is 6.92 Å². The third-order valence-electron chi connectivity index (χ3n) is 3.21. The molecule has 2 aromatic carbocycles. The Morgan fingerprint density at radius 2 is 1.84 bits per heavy atom. The highest BCUT2D eigenvalue weighted by Gasteiger charge is 2.18. The van der Waals surface area contributed by atoms with Gasteiger partial charge in [0, 0.05) is 5.69 Å². The van der Waals surface area contributed by atoms with Crippen molar-refractivity contribution in [3.05, 3.63) is 59.6 Å². The van der Waals surface area contributed by atoms with Crippen molar-refractivity contribution >= 4 is 57.1 Å². The van der Waals surface area contributed by atoms with Crippen LogP contribution in [0.5, 0.6) is 0 Å². The molecule has 1 heterocycles. The average Bonchev–Trinajstić information content (AvgIpc) is 3.04. The summed E-state index contributed by atoms with van der Waals surface area (Å²) < 4.78 is 0.722. The number of para-hydroxylation sites is 2. The Hall–Kier alpha value is -2.09. The van der Waals surface area contributed by atoms with Crippen molar-refractivity contribution in [2.45, 2.75) is 16.5 Å². The standard InChI is InChI=1S/C17H15ClN4OS2/c1-11(15(23)20-14-10-6-5-9-13(14)18)24-17-22-21-16(25-17)19-12-7-3-2-4-8-12/h2-11H,1H3,(H,19,21)(H,20,23)/t11-/m1/s1. The quantitative estimate of drug-likeness (QED) is 0.576. The molecule has 0 fully saturated rings. The number of halogens is 1. The summed E-state index contributed by atoms with van der Waals surface area (Å²) in [4.78, 5) is 12.3. The Balaban J connectivity index is 1.58. The summed E-state index contributed by atoms with van der Waals surface area (Å²) in [6, 6.07) is 16.9. The predicted molar refractivity (Wildman–Crippen MR) is 105 cm³/mol. The molecule has 0 spiro atoms. The lowest BCUT2D eigenvalue weighted by molar-refractivity contribution is -0.115. The van der Waals surface area contributed by atoms with Crippen molar-refractivity contribution in [2.24, 2.45) is 0 Å². The predicted octanol–water partition coefficient (Wildman–Crippen LogP) is 5.05. The Kier molecular flexibility index (Phi) is 5.91. The van der Waals surface area contributed by atoms with Gasteiger partial charge in [-0.25, -0.2) is 0 Å². The van der Waals surface area contributed by atoms with Crippen LogP contribution in [0.3, 0.4) is 0 Å². The summed E-state index contributed by atoms with van der Waals surface area (Å²) in [5, 5.41) is 15.1. The molecule has 0 bridgehead atoms. The van der Waals surface area contributed by atoms with Gasteiger partial charge in [0.2, 0.25) is 11.0 Å². The first-order chi connectivity index (χ1) is 12.1.